The van der Waals surface area contributed by atoms with Crippen molar-refractivity contribution in [3.8, 4) is 11.1 Å². The minimum atomic E-state index is -4.41. The molecule has 7 heteroatoms. The van der Waals surface area contributed by atoms with Crippen LogP contribution >= 0.6 is 0 Å². The average Bonchev–Trinajstić information content (AvgIpc) is 2.82. The van der Waals surface area contributed by atoms with Crippen LogP contribution in [0.4, 0.5) is 24.5 Å². The molecule has 2 heterocycles. The van der Waals surface area contributed by atoms with Gasteiger partial charge in [0.2, 0.25) is 0 Å². The lowest BCUT2D eigenvalue weighted by Gasteiger charge is -2.34. The first-order chi connectivity index (χ1) is 10.3. The maximum atomic E-state index is 13.4. The summed E-state index contributed by atoms with van der Waals surface area (Å²) in [5, 5.41) is 7.23. The second kappa shape index (κ2) is 4.93. The Labute approximate surface area is 126 Å². The van der Waals surface area contributed by atoms with Crippen LogP contribution in [0.5, 0.6) is 0 Å². The Hall–Kier alpha value is -2.18. The third-order valence-corrected chi connectivity index (χ3v) is 3.82. The molecule has 0 fully saturated rings. The SMILES string of the molecule is C[C@H]1CN(C)c2cc(C(F)(F)F)c(-c3cnn(C)c3)cc2N1. The molecule has 118 valence electrons. The summed E-state index contributed by atoms with van der Waals surface area (Å²) in [4.78, 5) is 1.85. The molecule has 0 bridgehead atoms. The van der Waals surface area contributed by atoms with Crippen LogP contribution < -0.4 is 10.2 Å². The van der Waals surface area contributed by atoms with Gasteiger partial charge in [-0.15, -0.1) is 0 Å². The average molecular weight is 310 g/mol. The van der Waals surface area contributed by atoms with Gasteiger partial charge in [-0.05, 0) is 24.6 Å². The molecule has 1 aromatic carbocycles. The molecule has 22 heavy (non-hydrogen) atoms. The van der Waals surface area contributed by atoms with Crippen molar-refractivity contribution in [3.63, 3.8) is 0 Å². The Balaban J connectivity index is 2.22. The van der Waals surface area contributed by atoms with Crippen molar-refractivity contribution < 1.29 is 13.2 Å². The molecule has 1 aromatic heterocycles. The van der Waals surface area contributed by atoms with Crippen molar-refractivity contribution in [2.45, 2.75) is 19.1 Å². The van der Waals surface area contributed by atoms with Gasteiger partial charge in [-0.25, -0.2) is 0 Å². The topological polar surface area (TPSA) is 33.1 Å². The van der Waals surface area contributed by atoms with E-state index in [2.05, 4.69) is 10.4 Å². The number of alkyl halides is 3. The molecule has 0 radical (unpaired) electrons. The van der Waals surface area contributed by atoms with Gasteiger partial charge in [0.1, 0.15) is 0 Å². The number of nitrogens with one attached hydrogen (secondary N) is 1. The van der Waals surface area contributed by atoms with E-state index in [9.17, 15) is 13.2 Å². The van der Waals surface area contributed by atoms with Crippen LogP contribution in [0.2, 0.25) is 0 Å². The van der Waals surface area contributed by atoms with E-state index in [1.165, 1.54) is 16.9 Å². The predicted octanol–water partition coefficient (Wildman–Crippen LogP) is 3.36. The molecule has 0 saturated heterocycles. The summed E-state index contributed by atoms with van der Waals surface area (Å²) in [5.41, 5.74) is 1.25. The van der Waals surface area contributed by atoms with Crippen LogP contribution in [0.3, 0.4) is 0 Å². The standard InChI is InChI=1S/C15H17F3N4/c1-9-7-21(2)14-5-12(15(16,17)18)11(4-13(14)20-9)10-6-19-22(3)8-10/h4-6,8-9,20H,7H2,1-3H3/t9-/m0/s1. The lowest BCUT2D eigenvalue weighted by molar-refractivity contribution is -0.137. The molecule has 2 aromatic rings. The van der Waals surface area contributed by atoms with Crippen LogP contribution in [0.1, 0.15) is 12.5 Å². The van der Waals surface area contributed by atoms with Gasteiger partial charge in [0.15, 0.2) is 0 Å². The van der Waals surface area contributed by atoms with Gasteiger partial charge in [0.25, 0.3) is 0 Å². The molecule has 3 rings (SSSR count). The highest BCUT2D eigenvalue weighted by molar-refractivity contribution is 5.82. The summed E-state index contributed by atoms with van der Waals surface area (Å²) < 4.78 is 41.8. The number of benzene rings is 1. The smallest absolute Gasteiger partial charge is 0.379 e. The van der Waals surface area contributed by atoms with E-state index in [0.29, 0.717) is 23.5 Å². The molecule has 4 nitrogen and oxygen atoms in total. The lowest BCUT2D eigenvalue weighted by atomic mass is 9.98. The summed E-state index contributed by atoms with van der Waals surface area (Å²) >= 11 is 0. The van der Waals surface area contributed by atoms with Crippen LogP contribution in [-0.4, -0.2) is 29.4 Å². The first kappa shape index (κ1) is 14.7. The lowest BCUT2D eigenvalue weighted by Crippen LogP contribution is -2.37. The summed E-state index contributed by atoms with van der Waals surface area (Å²) in [5.74, 6) is 0. The van der Waals surface area contributed by atoms with E-state index in [1.807, 2.05) is 11.8 Å². The third-order valence-electron chi connectivity index (χ3n) is 3.82. The minimum Gasteiger partial charge on any atom is -0.379 e. The fraction of sp³-hybridized carbons (Fsp3) is 0.400. The van der Waals surface area contributed by atoms with Gasteiger partial charge in [-0.2, -0.15) is 18.3 Å². The van der Waals surface area contributed by atoms with Gasteiger partial charge in [-0.3, -0.25) is 4.68 Å². The number of hydrogen-bond donors (Lipinski definition) is 1. The van der Waals surface area contributed by atoms with E-state index in [0.717, 1.165) is 0 Å². The van der Waals surface area contributed by atoms with E-state index in [1.54, 1.807) is 26.4 Å². The molecular weight excluding hydrogens is 293 g/mol. The van der Waals surface area contributed by atoms with Crippen molar-refractivity contribution in [1.29, 1.82) is 0 Å². The maximum absolute atomic E-state index is 13.4. The predicted molar refractivity (Wildman–Crippen MR) is 80.0 cm³/mol. The van der Waals surface area contributed by atoms with Gasteiger partial charge in [0.05, 0.1) is 23.1 Å². The number of halogens is 3. The highest BCUT2D eigenvalue weighted by Gasteiger charge is 2.36. The molecule has 0 saturated carbocycles. The fourth-order valence-corrected chi connectivity index (χ4v) is 2.87. The maximum Gasteiger partial charge on any atom is 0.417 e. The number of likely N-dealkylation sites (N-methyl/N-ethyl adjacent to an activating group) is 1. The van der Waals surface area contributed by atoms with Crippen LogP contribution in [0, 0.1) is 0 Å². The Kier molecular flexibility index (Phi) is 3.30. The Bertz CT molecular complexity index is 705. The first-order valence-electron chi connectivity index (χ1n) is 6.97. The van der Waals surface area contributed by atoms with Gasteiger partial charge >= 0.3 is 6.18 Å². The minimum absolute atomic E-state index is 0.148. The van der Waals surface area contributed by atoms with Crippen molar-refractivity contribution in [2.24, 2.45) is 7.05 Å². The summed E-state index contributed by atoms with van der Waals surface area (Å²) in [6.07, 6.45) is -1.37. The molecule has 0 amide bonds. The first-order valence-corrected chi connectivity index (χ1v) is 6.97. The van der Waals surface area contributed by atoms with Crippen LogP contribution in [0.15, 0.2) is 24.5 Å². The number of rotatable bonds is 1. The Morgan fingerprint density at radius 2 is 2.00 bits per heavy atom. The normalized spacial score (nSPS) is 18.1. The number of hydrogen-bond acceptors (Lipinski definition) is 3. The fourth-order valence-electron chi connectivity index (χ4n) is 2.87. The molecule has 0 unspecified atom stereocenters. The van der Waals surface area contributed by atoms with Crippen LogP contribution in [-0.2, 0) is 13.2 Å². The Morgan fingerprint density at radius 1 is 1.27 bits per heavy atom. The van der Waals surface area contributed by atoms with Crippen LogP contribution in [0.25, 0.3) is 11.1 Å². The van der Waals surface area contributed by atoms with Crippen molar-refractivity contribution >= 4 is 11.4 Å². The number of aromatic nitrogens is 2. The van der Waals surface area contributed by atoms with Crippen molar-refractivity contribution in [3.05, 3.63) is 30.1 Å². The number of aryl methyl sites for hydroxylation is 1. The van der Waals surface area contributed by atoms with Crippen molar-refractivity contribution in [2.75, 3.05) is 23.8 Å². The van der Waals surface area contributed by atoms with Gasteiger partial charge < -0.3 is 10.2 Å². The monoisotopic (exact) mass is 310 g/mol. The molecule has 0 aliphatic carbocycles. The largest absolute Gasteiger partial charge is 0.417 e. The molecule has 1 atom stereocenters. The number of fused-ring (bicyclic) bond motifs is 1. The molecular formula is C15H17F3N4. The Morgan fingerprint density at radius 3 is 2.59 bits per heavy atom. The highest BCUT2D eigenvalue weighted by atomic mass is 19.4. The summed E-state index contributed by atoms with van der Waals surface area (Å²) in [6.45, 7) is 2.66. The molecule has 1 aliphatic rings. The number of nitrogens with zero attached hydrogens (tertiary/aromatic N) is 3. The summed E-state index contributed by atoms with van der Waals surface area (Å²) in [7, 11) is 3.49. The molecule has 1 aliphatic heterocycles. The van der Waals surface area contributed by atoms with Crippen molar-refractivity contribution in [1.82, 2.24) is 9.78 Å². The van der Waals surface area contributed by atoms with E-state index < -0.39 is 11.7 Å². The highest BCUT2D eigenvalue weighted by Crippen LogP contribution is 2.43. The molecule has 0 spiro atoms. The second-order valence-electron chi connectivity index (χ2n) is 5.74. The summed E-state index contributed by atoms with van der Waals surface area (Å²) in [6, 6.07) is 2.97. The zero-order valence-corrected chi connectivity index (χ0v) is 12.6. The second-order valence-corrected chi connectivity index (χ2v) is 5.74. The van der Waals surface area contributed by atoms with E-state index >= 15 is 0 Å². The van der Waals surface area contributed by atoms with E-state index in [4.69, 9.17) is 0 Å². The van der Waals surface area contributed by atoms with E-state index in [-0.39, 0.29) is 11.6 Å². The molecule has 1 N–H and O–H groups in total. The quantitative estimate of drug-likeness (QED) is 0.877. The zero-order chi connectivity index (χ0) is 16.1. The number of anilines is 2. The van der Waals surface area contributed by atoms with Gasteiger partial charge in [-0.1, -0.05) is 0 Å². The zero-order valence-electron chi connectivity index (χ0n) is 12.6. The third kappa shape index (κ3) is 2.51. The van der Waals surface area contributed by atoms with Gasteiger partial charge in [0, 0.05) is 38.4 Å².